The van der Waals surface area contributed by atoms with Crippen LogP contribution in [0.2, 0.25) is 0 Å². The Bertz CT molecular complexity index is 1150. The molecule has 31 heavy (non-hydrogen) atoms. The van der Waals surface area contributed by atoms with Gasteiger partial charge in [0.2, 0.25) is 0 Å². The average Bonchev–Trinajstić information content (AvgIpc) is 3.00. The molecule has 1 aliphatic heterocycles. The molecule has 1 saturated heterocycles. The number of ether oxygens (including phenoxy) is 3. The third-order valence-corrected chi connectivity index (χ3v) is 6.97. The van der Waals surface area contributed by atoms with Crippen LogP contribution in [-0.2, 0) is 34.2 Å². The number of rotatable bonds is 5. The van der Waals surface area contributed by atoms with Gasteiger partial charge in [-0.2, -0.15) is 0 Å². The van der Waals surface area contributed by atoms with E-state index in [2.05, 4.69) is 6.58 Å². The van der Waals surface area contributed by atoms with Crippen LogP contribution in [-0.4, -0.2) is 31.1 Å². The van der Waals surface area contributed by atoms with Crippen molar-refractivity contribution in [3.8, 4) is 0 Å². The van der Waals surface area contributed by atoms with Gasteiger partial charge in [-0.05, 0) is 36.1 Å². The van der Waals surface area contributed by atoms with Crippen LogP contribution in [0.4, 0.5) is 0 Å². The molecule has 0 saturated carbocycles. The second-order valence-corrected chi connectivity index (χ2v) is 8.45. The van der Waals surface area contributed by atoms with Crippen LogP contribution in [0.3, 0.4) is 0 Å². The highest BCUT2D eigenvalue weighted by molar-refractivity contribution is 6.03. The quantitative estimate of drug-likeness (QED) is 0.321. The van der Waals surface area contributed by atoms with Crippen molar-refractivity contribution >= 4 is 17.9 Å². The second-order valence-electron chi connectivity index (χ2n) is 8.45. The molecule has 6 heteroatoms. The molecule has 1 fully saturated rings. The lowest BCUT2D eigenvalue weighted by Crippen LogP contribution is -2.62. The largest absolute Gasteiger partial charge is 0.460 e. The fourth-order valence-electron chi connectivity index (χ4n) is 5.72. The van der Waals surface area contributed by atoms with Gasteiger partial charge in [-0.3, -0.25) is 9.59 Å². The minimum Gasteiger partial charge on any atom is -0.460 e. The molecular weight excluding hydrogens is 396 g/mol. The summed E-state index contributed by atoms with van der Waals surface area (Å²) < 4.78 is 16.9. The van der Waals surface area contributed by atoms with Crippen LogP contribution >= 0.6 is 0 Å². The van der Waals surface area contributed by atoms with Gasteiger partial charge in [0.1, 0.15) is 17.6 Å². The van der Waals surface area contributed by atoms with Crippen molar-refractivity contribution in [1.82, 2.24) is 0 Å². The lowest BCUT2D eigenvalue weighted by Gasteiger charge is -2.58. The molecule has 4 unspecified atom stereocenters. The molecule has 2 bridgehead atoms. The summed E-state index contributed by atoms with van der Waals surface area (Å²) in [5.41, 5.74) is 2.15. The summed E-state index contributed by atoms with van der Waals surface area (Å²) in [4.78, 5) is 37.6. The summed E-state index contributed by atoms with van der Waals surface area (Å²) in [6, 6.07) is 13.8. The molecule has 0 aromatic heterocycles. The summed E-state index contributed by atoms with van der Waals surface area (Å²) in [5.74, 6) is -2.65. The molecular formula is C25H22O6. The van der Waals surface area contributed by atoms with Crippen molar-refractivity contribution in [2.24, 2.45) is 11.3 Å². The number of cyclic esters (lactones) is 2. The molecule has 6 nitrogen and oxygen atoms in total. The van der Waals surface area contributed by atoms with E-state index in [1.807, 2.05) is 49.4 Å². The van der Waals surface area contributed by atoms with Crippen molar-refractivity contribution < 1.29 is 28.6 Å². The molecule has 0 spiro atoms. The van der Waals surface area contributed by atoms with Crippen LogP contribution in [0.1, 0.15) is 40.7 Å². The summed E-state index contributed by atoms with van der Waals surface area (Å²) in [6.07, 6.45) is 1.09. The van der Waals surface area contributed by atoms with Gasteiger partial charge in [-0.15, -0.1) is 0 Å². The molecule has 2 aromatic carbocycles. The summed E-state index contributed by atoms with van der Waals surface area (Å²) in [7, 11) is 0. The molecule has 0 radical (unpaired) electrons. The minimum atomic E-state index is -1.24. The molecule has 1 heterocycles. The summed E-state index contributed by atoms with van der Waals surface area (Å²) >= 11 is 0. The van der Waals surface area contributed by atoms with E-state index >= 15 is 0 Å². The van der Waals surface area contributed by atoms with Gasteiger partial charge in [0.15, 0.2) is 0 Å². The monoisotopic (exact) mass is 418 g/mol. The summed E-state index contributed by atoms with van der Waals surface area (Å²) in [5, 5.41) is 0. The Balaban J connectivity index is 1.75. The average molecular weight is 418 g/mol. The zero-order valence-electron chi connectivity index (χ0n) is 17.3. The zero-order chi connectivity index (χ0) is 22.0. The van der Waals surface area contributed by atoms with Gasteiger partial charge in [0.25, 0.3) is 0 Å². The first-order valence-corrected chi connectivity index (χ1v) is 10.3. The third-order valence-electron chi connectivity index (χ3n) is 6.97. The number of aryl methyl sites for hydroxylation is 1. The van der Waals surface area contributed by atoms with Crippen molar-refractivity contribution in [3.63, 3.8) is 0 Å². The topological polar surface area (TPSA) is 78.9 Å². The van der Waals surface area contributed by atoms with Gasteiger partial charge in [-0.25, -0.2) is 4.79 Å². The number of benzene rings is 2. The number of hydrogen-bond acceptors (Lipinski definition) is 6. The normalized spacial score (nSPS) is 29.6. The van der Waals surface area contributed by atoms with Gasteiger partial charge >= 0.3 is 17.9 Å². The van der Waals surface area contributed by atoms with Gasteiger partial charge < -0.3 is 14.2 Å². The zero-order valence-corrected chi connectivity index (χ0v) is 17.3. The fraction of sp³-hybridized carbons (Fsp3) is 0.320. The molecule has 4 atom stereocenters. The lowest BCUT2D eigenvalue weighted by atomic mass is 9.46. The van der Waals surface area contributed by atoms with Crippen molar-refractivity contribution in [2.75, 3.05) is 13.2 Å². The van der Waals surface area contributed by atoms with E-state index in [9.17, 15) is 14.4 Å². The second kappa shape index (κ2) is 6.62. The fourth-order valence-corrected chi connectivity index (χ4v) is 5.72. The Morgan fingerprint density at radius 2 is 1.87 bits per heavy atom. The molecule has 3 aliphatic carbocycles. The minimum absolute atomic E-state index is 0.0108. The van der Waals surface area contributed by atoms with Crippen LogP contribution < -0.4 is 0 Å². The van der Waals surface area contributed by atoms with Crippen LogP contribution in [0.15, 0.2) is 55.1 Å². The van der Waals surface area contributed by atoms with E-state index in [0.29, 0.717) is 0 Å². The first kappa shape index (κ1) is 19.7. The number of hydrogen-bond donors (Lipinski definition) is 0. The third kappa shape index (κ3) is 2.34. The predicted octanol–water partition coefficient (Wildman–Crippen LogP) is 3.15. The first-order valence-electron chi connectivity index (χ1n) is 10.3. The number of esters is 3. The highest BCUT2D eigenvalue weighted by Crippen LogP contribution is 2.69. The van der Waals surface area contributed by atoms with Crippen molar-refractivity contribution in [1.29, 1.82) is 0 Å². The molecule has 158 valence electrons. The Morgan fingerprint density at radius 1 is 1.13 bits per heavy atom. The maximum atomic E-state index is 13.2. The van der Waals surface area contributed by atoms with E-state index < -0.39 is 34.8 Å². The van der Waals surface area contributed by atoms with E-state index in [1.165, 1.54) is 0 Å². The van der Waals surface area contributed by atoms with Crippen LogP contribution in [0, 0.1) is 18.3 Å². The predicted molar refractivity (Wildman–Crippen MR) is 110 cm³/mol. The highest BCUT2D eigenvalue weighted by Gasteiger charge is 2.75. The van der Waals surface area contributed by atoms with Gasteiger partial charge in [0.05, 0.1) is 12.5 Å². The molecule has 0 amide bonds. The standard InChI is InChI=1S/C25H22O6/c1-4-19(26)29-11-12-30-25-17-8-6-5-7-15(17)20(16-10-9-14(2)13-18(16)25)21-22(27)31-23(28)24(21,25)3/h4-10,13,20-21H,1,11-12H2,2-3H3. The number of carbonyl (C=O) groups is 3. The Labute approximate surface area is 179 Å². The Morgan fingerprint density at radius 3 is 2.65 bits per heavy atom. The van der Waals surface area contributed by atoms with Crippen LogP contribution in [0.5, 0.6) is 0 Å². The first-order chi connectivity index (χ1) is 14.9. The SMILES string of the molecule is C=CC(=O)OCCOC12c3ccccc3C(c3ccc(C)cc31)C1C(=O)OC(=O)C12C. The van der Waals surface area contributed by atoms with Gasteiger partial charge in [-0.1, -0.05) is 54.6 Å². The smallest absolute Gasteiger partial charge is 0.330 e. The molecule has 6 rings (SSSR count). The van der Waals surface area contributed by atoms with E-state index in [4.69, 9.17) is 14.2 Å². The Kier molecular flexibility index (Phi) is 4.21. The highest BCUT2D eigenvalue weighted by atomic mass is 16.6. The van der Waals surface area contributed by atoms with E-state index in [0.717, 1.165) is 33.9 Å². The maximum absolute atomic E-state index is 13.2. The lowest BCUT2D eigenvalue weighted by molar-refractivity contribution is -0.177. The van der Waals surface area contributed by atoms with Crippen LogP contribution in [0.25, 0.3) is 0 Å². The van der Waals surface area contributed by atoms with E-state index in [1.54, 1.807) is 6.92 Å². The molecule has 4 aliphatic rings. The van der Waals surface area contributed by atoms with Crippen molar-refractivity contribution in [2.45, 2.75) is 25.4 Å². The summed E-state index contributed by atoms with van der Waals surface area (Å²) in [6.45, 7) is 7.16. The Hall–Kier alpha value is -3.25. The van der Waals surface area contributed by atoms with Crippen molar-refractivity contribution in [3.05, 3.63) is 82.9 Å². The maximum Gasteiger partial charge on any atom is 0.330 e. The molecule has 2 aromatic rings. The molecule has 0 N–H and O–H groups in total. The van der Waals surface area contributed by atoms with E-state index in [-0.39, 0.29) is 19.1 Å². The number of carbonyl (C=O) groups excluding carboxylic acids is 3. The van der Waals surface area contributed by atoms with Gasteiger partial charge in [0, 0.05) is 12.0 Å².